The van der Waals surface area contributed by atoms with E-state index in [0.717, 1.165) is 4.31 Å². The minimum Gasteiger partial charge on any atom is -0.493 e. The summed E-state index contributed by atoms with van der Waals surface area (Å²) >= 11 is 0. The van der Waals surface area contributed by atoms with Gasteiger partial charge in [-0.2, -0.15) is 30.6 Å². The highest BCUT2D eigenvalue weighted by Gasteiger charge is 2.38. The fourth-order valence-corrected chi connectivity index (χ4v) is 5.24. The number of nitrogens with one attached hydrogen (secondary N) is 1. The fourth-order valence-electron chi connectivity index (χ4n) is 3.76. The smallest absolute Gasteiger partial charge is 0.416 e. The van der Waals surface area contributed by atoms with Gasteiger partial charge in [-0.05, 0) is 43.2 Å². The van der Waals surface area contributed by atoms with E-state index < -0.39 is 51.0 Å². The van der Waals surface area contributed by atoms with E-state index in [1.807, 2.05) is 0 Å². The number of amides is 1. The standard InChI is InChI=1S/C22H22F6N2O5S/c1-34-18-4-3-17(12-19(18)35-2)36(32,33)30-7-5-13(6-8-30)20(31)29-16-10-14(21(23,24)25)9-15(11-16)22(26,27)28/h3-4,9-13H,5-8H2,1-2H3,(H,29,31). The van der Waals surface area contributed by atoms with Gasteiger partial charge in [0.25, 0.3) is 0 Å². The molecule has 0 bridgehead atoms. The maximum absolute atomic E-state index is 13.1. The molecule has 1 amide bonds. The fraction of sp³-hybridized carbons (Fsp3) is 0.409. The van der Waals surface area contributed by atoms with E-state index in [1.54, 1.807) is 0 Å². The molecular weight excluding hydrogens is 518 g/mol. The van der Waals surface area contributed by atoms with Crippen molar-refractivity contribution in [1.82, 2.24) is 4.31 Å². The van der Waals surface area contributed by atoms with E-state index in [2.05, 4.69) is 5.32 Å². The second-order valence-corrected chi connectivity index (χ2v) is 9.92. The molecule has 1 aliphatic heterocycles. The molecule has 7 nitrogen and oxygen atoms in total. The molecule has 1 heterocycles. The average molecular weight is 540 g/mol. The largest absolute Gasteiger partial charge is 0.493 e. The van der Waals surface area contributed by atoms with Crippen LogP contribution < -0.4 is 14.8 Å². The van der Waals surface area contributed by atoms with Gasteiger partial charge in [-0.1, -0.05) is 0 Å². The van der Waals surface area contributed by atoms with E-state index in [1.165, 1.54) is 32.4 Å². The Morgan fingerprint density at radius 3 is 1.89 bits per heavy atom. The Balaban J connectivity index is 1.72. The highest BCUT2D eigenvalue weighted by Crippen LogP contribution is 2.38. The normalized spacial score (nSPS) is 16.0. The minimum atomic E-state index is -5.05. The summed E-state index contributed by atoms with van der Waals surface area (Å²) in [6.07, 6.45) is -10.1. The van der Waals surface area contributed by atoms with Crippen LogP contribution in [-0.4, -0.2) is 45.9 Å². The van der Waals surface area contributed by atoms with E-state index in [-0.39, 0.29) is 42.6 Å². The lowest BCUT2D eigenvalue weighted by molar-refractivity contribution is -0.143. The molecule has 1 saturated heterocycles. The van der Waals surface area contributed by atoms with Crippen LogP contribution in [0, 0.1) is 5.92 Å². The maximum Gasteiger partial charge on any atom is 0.416 e. The van der Waals surface area contributed by atoms with E-state index >= 15 is 0 Å². The minimum absolute atomic E-state index is 0.0173. The predicted molar refractivity (Wildman–Crippen MR) is 116 cm³/mol. The van der Waals surface area contributed by atoms with Gasteiger partial charge in [0.05, 0.1) is 30.2 Å². The molecule has 0 radical (unpaired) electrons. The van der Waals surface area contributed by atoms with Gasteiger partial charge in [-0.15, -0.1) is 0 Å². The van der Waals surface area contributed by atoms with Crippen LogP contribution in [0.3, 0.4) is 0 Å². The summed E-state index contributed by atoms with van der Waals surface area (Å²) in [4.78, 5) is 12.5. The van der Waals surface area contributed by atoms with Gasteiger partial charge in [0.15, 0.2) is 11.5 Å². The third-order valence-electron chi connectivity index (χ3n) is 5.67. The van der Waals surface area contributed by atoms with Crippen molar-refractivity contribution in [3.05, 3.63) is 47.5 Å². The lowest BCUT2D eigenvalue weighted by Crippen LogP contribution is -2.41. The Labute approximate surface area is 203 Å². The molecule has 1 N–H and O–H groups in total. The van der Waals surface area contributed by atoms with Crippen molar-refractivity contribution in [3.63, 3.8) is 0 Å². The van der Waals surface area contributed by atoms with Gasteiger partial charge >= 0.3 is 12.4 Å². The lowest BCUT2D eigenvalue weighted by Gasteiger charge is -2.30. The molecule has 0 atom stereocenters. The summed E-state index contributed by atoms with van der Waals surface area (Å²) in [5, 5.41) is 2.11. The number of piperidine rings is 1. The van der Waals surface area contributed by atoms with Crippen LogP contribution in [-0.2, 0) is 27.2 Å². The van der Waals surface area contributed by atoms with E-state index in [0.29, 0.717) is 17.9 Å². The van der Waals surface area contributed by atoms with Crippen LogP contribution in [0.4, 0.5) is 32.0 Å². The number of carbonyl (C=O) groups excluding carboxylic acids is 1. The maximum atomic E-state index is 13.1. The Morgan fingerprint density at radius 1 is 0.889 bits per heavy atom. The van der Waals surface area contributed by atoms with Gasteiger partial charge in [-0.3, -0.25) is 4.79 Å². The monoisotopic (exact) mass is 540 g/mol. The number of anilines is 1. The molecule has 0 aliphatic carbocycles. The first-order chi connectivity index (χ1) is 16.7. The Morgan fingerprint density at radius 2 is 1.42 bits per heavy atom. The quantitative estimate of drug-likeness (QED) is 0.534. The van der Waals surface area contributed by atoms with Gasteiger partial charge in [0, 0.05) is 30.8 Å². The van der Waals surface area contributed by atoms with Crippen LogP contribution in [0.2, 0.25) is 0 Å². The SMILES string of the molecule is COc1ccc(S(=O)(=O)N2CCC(C(=O)Nc3cc(C(F)(F)F)cc(C(F)(F)F)c3)CC2)cc1OC. The lowest BCUT2D eigenvalue weighted by atomic mass is 9.97. The first-order valence-electron chi connectivity index (χ1n) is 10.5. The molecule has 0 spiro atoms. The number of carbonyl (C=O) groups is 1. The number of ether oxygens (including phenoxy) is 2. The molecule has 0 unspecified atom stereocenters. The highest BCUT2D eigenvalue weighted by atomic mass is 32.2. The van der Waals surface area contributed by atoms with Crippen molar-refractivity contribution >= 4 is 21.6 Å². The van der Waals surface area contributed by atoms with Crippen molar-refractivity contribution in [2.24, 2.45) is 5.92 Å². The molecular formula is C22H22F6N2O5S. The highest BCUT2D eigenvalue weighted by molar-refractivity contribution is 7.89. The summed E-state index contributed by atoms with van der Waals surface area (Å²) in [5.41, 5.74) is -3.76. The van der Waals surface area contributed by atoms with Crippen LogP contribution in [0.15, 0.2) is 41.3 Å². The molecule has 1 fully saturated rings. The number of rotatable bonds is 6. The number of sulfonamides is 1. The molecule has 198 valence electrons. The second-order valence-electron chi connectivity index (χ2n) is 7.98. The predicted octanol–water partition coefficient (Wildman–Crippen LogP) is 4.78. The van der Waals surface area contributed by atoms with Gasteiger partial charge in [0.1, 0.15) is 0 Å². The van der Waals surface area contributed by atoms with Crippen molar-refractivity contribution < 1.29 is 49.0 Å². The number of hydrogen-bond acceptors (Lipinski definition) is 5. The van der Waals surface area contributed by atoms with Gasteiger partial charge < -0.3 is 14.8 Å². The summed E-state index contributed by atoms with van der Waals surface area (Å²) in [5.74, 6) is -1.08. The number of benzene rings is 2. The zero-order valence-corrected chi connectivity index (χ0v) is 19.9. The molecule has 3 rings (SSSR count). The zero-order chi connectivity index (χ0) is 26.9. The van der Waals surface area contributed by atoms with Crippen LogP contribution in [0.25, 0.3) is 0 Å². The zero-order valence-electron chi connectivity index (χ0n) is 19.0. The molecule has 14 heteroatoms. The molecule has 0 saturated carbocycles. The second kappa shape index (κ2) is 10.2. The first-order valence-corrected chi connectivity index (χ1v) is 11.9. The molecule has 2 aromatic carbocycles. The molecule has 1 aliphatic rings. The number of halogens is 6. The van der Waals surface area contributed by atoms with E-state index in [4.69, 9.17) is 9.47 Å². The number of hydrogen-bond donors (Lipinski definition) is 1. The third kappa shape index (κ3) is 6.03. The average Bonchev–Trinajstić information content (AvgIpc) is 2.82. The van der Waals surface area contributed by atoms with Crippen LogP contribution in [0.1, 0.15) is 24.0 Å². The molecule has 0 aromatic heterocycles. The van der Waals surface area contributed by atoms with Crippen LogP contribution in [0.5, 0.6) is 11.5 Å². The summed E-state index contributed by atoms with van der Waals surface area (Å²) in [6.45, 7) is -0.156. The number of alkyl halides is 6. The summed E-state index contributed by atoms with van der Waals surface area (Å²) < 4.78 is 116. The van der Waals surface area contributed by atoms with Crippen molar-refractivity contribution in [2.75, 3.05) is 32.6 Å². The third-order valence-corrected chi connectivity index (χ3v) is 7.57. The molecule has 36 heavy (non-hydrogen) atoms. The number of methoxy groups -OCH3 is 2. The Hall–Kier alpha value is -3.00. The van der Waals surface area contributed by atoms with Crippen molar-refractivity contribution in [1.29, 1.82) is 0 Å². The first kappa shape index (κ1) is 27.6. The van der Waals surface area contributed by atoms with Gasteiger partial charge in [-0.25, -0.2) is 8.42 Å². The summed E-state index contributed by atoms with van der Waals surface area (Å²) in [6, 6.07) is 4.86. The summed E-state index contributed by atoms with van der Waals surface area (Å²) in [7, 11) is -1.21. The van der Waals surface area contributed by atoms with Crippen LogP contribution >= 0.6 is 0 Å². The number of nitrogens with zero attached hydrogens (tertiary/aromatic N) is 1. The van der Waals surface area contributed by atoms with Crippen molar-refractivity contribution in [2.45, 2.75) is 30.1 Å². The van der Waals surface area contributed by atoms with E-state index in [9.17, 15) is 39.6 Å². The Kier molecular flexibility index (Phi) is 7.79. The van der Waals surface area contributed by atoms with Gasteiger partial charge in [0.2, 0.25) is 15.9 Å². The van der Waals surface area contributed by atoms with Crippen molar-refractivity contribution in [3.8, 4) is 11.5 Å². The topological polar surface area (TPSA) is 84.9 Å². The Bertz CT molecular complexity index is 1190. The molecule has 2 aromatic rings.